The molecule has 1 N–H and O–H groups in total. The first-order valence-electron chi connectivity index (χ1n) is 7.13. The smallest absolute Gasteiger partial charge is 0.408 e. The molecule has 0 aliphatic heterocycles. The summed E-state index contributed by atoms with van der Waals surface area (Å²) in [5.74, 6) is 6.37. The lowest BCUT2D eigenvalue weighted by Crippen LogP contribution is -2.24. The molecule has 5 nitrogen and oxygen atoms in total. The van der Waals surface area contributed by atoms with Gasteiger partial charge in [-0.05, 0) is 18.1 Å². The van der Waals surface area contributed by atoms with Gasteiger partial charge in [0.05, 0.1) is 13.7 Å². The standard InChI is InChI=1S/C18H18N2O3/c1-14-11-17(22-2)20-12-16(14)9-6-10-19-18(21)23-13-15-7-4-3-5-8-15/h3-5,7-8,11-12H,10,13H2,1-2H3,(H,19,21). The topological polar surface area (TPSA) is 60.5 Å². The fraction of sp³-hybridized carbons (Fsp3) is 0.222. The van der Waals surface area contributed by atoms with Crippen LogP contribution in [0.25, 0.3) is 0 Å². The molecule has 0 aliphatic carbocycles. The van der Waals surface area contributed by atoms with Crippen molar-refractivity contribution in [3.63, 3.8) is 0 Å². The van der Waals surface area contributed by atoms with Crippen molar-refractivity contribution in [3.05, 3.63) is 59.3 Å². The number of nitrogens with one attached hydrogen (secondary N) is 1. The first kappa shape index (κ1) is 16.4. The molecule has 0 aliphatic rings. The second-order valence-corrected chi connectivity index (χ2v) is 4.76. The minimum Gasteiger partial charge on any atom is -0.481 e. The number of aromatic nitrogens is 1. The van der Waals surface area contributed by atoms with E-state index in [9.17, 15) is 4.79 Å². The zero-order valence-electron chi connectivity index (χ0n) is 13.1. The van der Waals surface area contributed by atoms with Crippen LogP contribution in [0.5, 0.6) is 5.88 Å². The largest absolute Gasteiger partial charge is 0.481 e. The van der Waals surface area contributed by atoms with Crippen molar-refractivity contribution in [2.75, 3.05) is 13.7 Å². The first-order valence-corrected chi connectivity index (χ1v) is 7.13. The molecule has 1 amide bonds. The minimum atomic E-state index is -0.493. The average molecular weight is 310 g/mol. The maximum Gasteiger partial charge on any atom is 0.408 e. The number of carbonyl (C=O) groups excluding carboxylic acids is 1. The molecule has 0 saturated carbocycles. The van der Waals surface area contributed by atoms with Gasteiger partial charge in [-0.15, -0.1) is 0 Å². The second-order valence-electron chi connectivity index (χ2n) is 4.76. The van der Waals surface area contributed by atoms with Crippen molar-refractivity contribution in [1.29, 1.82) is 0 Å². The number of rotatable bonds is 4. The van der Waals surface area contributed by atoms with Crippen molar-refractivity contribution in [2.24, 2.45) is 0 Å². The summed E-state index contributed by atoms with van der Waals surface area (Å²) in [7, 11) is 1.57. The van der Waals surface area contributed by atoms with E-state index in [0.717, 1.165) is 16.7 Å². The third-order valence-electron chi connectivity index (χ3n) is 3.05. The SMILES string of the molecule is COc1cc(C)c(C#CCNC(=O)OCc2ccccc2)cn1. The molecular weight excluding hydrogens is 292 g/mol. The Morgan fingerprint density at radius 3 is 2.78 bits per heavy atom. The van der Waals surface area contributed by atoms with Crippen LogP contribution in [0.1, 0.15) is 16.7 Å². The van der Waals surface area contributed by atoms with E-state index in [1.54, 1.807) is 13.3 Å². The van der Waals surface area contributed by atoms with Gasteiger partial charge in [0.2, 0.25) is 5.88 Å². The number of pyridine rings is 1. The van der Waals surface area contributed by atoms with Crippen LogP contribution in [-0.2, 0) is 11.3 Å². The number of aryl methyl sites for hydroxylation is 1. The summed E-state index contributed by atoms with van der Waals surface area (Å²) < 4.78 is 10.1. The lowest BCUT2D eigenvalue weighted by Gasteiger charge is -2.04. The highest BCUT2D eigenvalue weighted by molar-refractivity contribution is 5.67. The molecule has 2 aromatic rings. The van der Waals surface area contributed by atoms with Crippen LogP contribution < -0.4 is 10.1 Å². The van der Waals surface area contributed by atoms with Crippen LogP contribution in [0.15, 0.2) is 42.6 Å². The Bertz CT molecular complexity index is 718. The normalized spacial score (nSPS) is 9.48. The van der Waals surface area contributed by atoms with E-state index in [0.29, 0.717) is 5.88 Å². The quantitative estimate of drug-likeness (QED) is 0.882. The van der Waals surface area contributed by atoms with E-state index >= 15 is 0 Å². The van der Waals surface area contributed by atoms with E-state index in [1.165, 1.54) is 0 Å². The van der Waals surface area contributed by atoms with Crippen molar-refractivity contribution < 1.29 is 14.3 Å². The Balaban J connectivity index is 1.78. The van der Waals surface area contributed by atoms with Crippen LogP contribution in [0.2, 0.25) is 0 Å². The molecular formula is C18H18N2O3. The number of carbonyl (C=O) groups is 1. The number of hydrogen-bond acceptors (Lipinski definition) is 4. The van der Waals surface area contributed by atoms with Gasteiger partial charge in [0.25, 0.3) is 0 Å². The molecule has 1 aromatic carbocycles. The van der Waals surface area contributed by atoms with Crippen molar-refractivity contribution >= 4 is 6.09 Å². The number of nitrogens with zero attached hydrogens (tertiary/aromatic N) is 1. The fourth-order valence-electron chi connectivity index (χ4n) is 1.80. The molecule has 2 rings (SSSR count). The minimum absolute atomic E-state index is 0.207. The van der Waals surface area contributed by atoms with Crippen LogP contribution in [-0.4, -0.2) is 24.7 Å². The molecule has 5 heteroatoms. The molecule has 0 radical (unpaired) electrons. The summed E-state index contributed by atoms with van der Waals surface area (Å²) in [4.78, 5) is 15.6. The Hall–Kier alpha value is -3.00. The zero-order chi connectivity index (χ0) is 16.5. The molecule has 1 heterocycles. The fourth-order valence-corrected chi connectivity index (χ4v) is 1.80. The lowest BCUT2D eigenvalue weighted by atomic mass is 10.1. The van der Waals surface area contributed by atoms with Gasteiger partial charge in [-0.2, -0.15) is 0 Å². The van der Waals surface area contributed by atoms with Crippen LogP contribution in [0.3, 0.4) is 0 Å². The summed E-state index contributed by atoms with van der Waals surface area (Å²) >= 11 is 0. The number of hydrogen-bond donors (Lipinski definition) is 1. The van der Waals surface area contributed by atoms with Gasteiger partial charge >= 0.3 is 6.09 Å². The van der Waals surface area contributed by atoms with Gasteiger partial charge in [0, 0.05) is 17.8 Å². The predicted octanol–water partition coefficient (Wildman–Crippen LogP) is 2.68. The third-order valence-corrected chi connectivity index (χ3v) is 3.05. The van der Waals surface area contributed by atoms with Gasteiger partial charge in [-0.25, -0.2) is 9.78 Å². The molecule has 0 saturated heterocycles. The Labute approximate surface area is 135 Å². The van der Waals surface area contributed by atoms with Crippen molar-refractivity contribution in [1.82, 2.24) is 10.3 Å². The van der Waals surface area contributed by atoms with Gasteiger partial charge < -0.3 is 14.8 Å². The van der Waals surface area contributed by atoms with E-state index in [-0.39, 0.29) is 13.2 Å². The van der Waals surface area contributed by atoms with E-state index in [2.05, 4.69) is 22.1 Å². The zero-order valence-corrected chi connectivity index (χ0v) is 13.1. The summed E-state index contributed by atoms with van der Waals surface area (Å²) in [6.45, 7) is 2.37. The van der Waals surface area contributed by atoms with Gasteiger partial charge in [-0.3, -0.25) is 0 Å². The first-order chi connectivity index (χ1) is 11.2. The number of amides is 1. The van der Waals surface area contributed by atoms with Crippen LogP contribution in [0.4, 0.5) is 4.79 Å². The van der Waals surface area contributed by atoms with Crippen LogP contribution in [0, 0.1) is 18.8 Å². The Morgan fingerprint density at radius 1 is 1.30 bits per heavy atom. The maximum absolute atomic E-state index is 11.5. The molecule has 0 spiro atoms. The maximum atomic E-state index is 11.5. The van der Waals surface area contributed by atoms with Gasteiger partial charge in [0.1, 0.15) is 6.61 Å². The van der Waals surface area contributed by atoms with Crippen molar-refractivity contribution in [3.8, 4) is 17.7 Å². The number of methoxy groups -OCH3 is 1. The van der Waals surface area contributed by atoms with Crippen LogP contribution >= 0.6 is 0 Å². The second kappa shape index (κ2) is 8.44. The van der Waals surface area contributed by atoms with E-state index in [4.69, 9.17) is 9.47 Å². The third kappa shape index (κ3) is 5.36. The summed E-state index contributed by atoms with van der Waals surface area (Å²) in [5.41, 5.74) is 2.70. The lowest BCUT2D eigenvalue weighted by molar-refractivity contribution is 0.141. The Morgan fingerprint density at radius 2 is 2.09 bits per heavy atom. The molecule has 1 aromatic heterocycles. The summed E-state index contributed by atoms with van der Waals surface area (Å²) in [5, 5.41) is 2.59. The molecule has 0 unspecified atom stereocenters. The van der Waals surface area contributed by atoms with E-state index < -0.39 is 6.09 Å². The van der Waals surface area contributed by atoms with E-state index in [1.807, 2.05) is 43.3 Å². The molecule has 0 atom stereocenters. The average Bonchev–Trinajstić information content (AvgIpc) is 2.58. The van der Waals surface area contributed by atoms with Gasteiger partial charge in [0.15, 0.2) is 0 Å². The molecule has 0 bridgehead atoms. The number of benzene rings is 1. The number of ether oxygens (including phenoxy) is 2. The monoisotopic (exact) mass is 310 g/mol. The highest BCUT2D eigenvalue weighted by Crippen LogP contribution is 2.11. The van der Waals surface area contributed by atoms with Gasteiger partial charge in [-0.1, -0.05) is 42.2 Å². The summed E-state index contributed by atoms with van der Waals surface area (Å²) in [6, 6.07) is 11.3. The molecule has 118 valence electrons. The summed E-state index contributed by atoms with van der Waals surface area (Å²) in [6.07, 6.45) is 1.15. The molecule has 0 fully saturated rings. The Kier molecular flexibility index (Phi) is 6.01. The highest BCUT2D eigenvalue weighted by Gasteiger charge is 2.01. The number of alkyl carbamates (subject to hydrolysis) is 1. The van der Waals surface area contributed by atoms with Crippen molar-refractivity contribution in [2.45, 2.75) is 13.5 Å². The molecule has 23 heavy (non-hydrogen) atoms. The highest BCUT2D eigenvalue weighted by atomic mass is 16.5. The predicted molar refractivity (Wildman–Crippen MR) is 87.0 cm³/mol.